The third-order valence-electron chi connectivity index (χ3n) is 2.87. The molecule has 102 valence electrons. The number of aromatic nitrogens is 2. The fourth-order valence-corrected chi connectivity index (χ4v) is 3.61. The van der Waals surface area contributed by atoms with Crippen molar-refractivity contribution >= 4 is 9.84 Å². The molecule has 0 aromatic carbocycles. The molecular formula is C10H17N3O4S. The van der Waals surface area contributed by atoms with E-state index in [1.807, 2.05) is 6.92 Å². The molecule has 1 fully saturated rings. The highest BCUT2D eigenvalue weighted by Gasteiger charge is 2.33. The minimum Gasteiger partial charge on any atom is -0.380 e. The predicted molar refractivity (Wildman–Crippen MR) is 63.7 cm³/mol. The van der Waals surface area contributed by atoms with Crippen LogP contribution in [0.5, 0.6) is 0 Å². The first-order valence-corrected chi connectivity index (χ1v) is 7.71. The number of nitrogens with zero attached hydrogens (tertiary/aromatic N) is 2. The van der Waals surface area contributed by atoms with Gasteiger partial charge in [-0.15, -0.1) is 0 Å². The molecule has 0 bridgehead atoms. The van der Waals surface area contributed by atoms with Crippen LogP contribution in [-0.4, -0.2) is 43.3 Å². The van der Waals surface area contributed by atoms with Gasteiger partial charge < -0.3 is 15.0 Å². The second-order valence-electron chi connectivity index (χ2n) is 4.36. The number of hydrogen-bond acceptors (Lipinski definition) is 7. The molecular weight excluding hydrogens is 258 g/mol. The second kappa shape index (κ2) is 5.33. The fraction of sp³-hybridized carbons (Fsp3) is 0.800. The largest absolute Gasteiger partial charge is 0.380 e. The average molecular weight is 275 g/mol. The van der Waals surface area contributed by atoms with E-state index in [-0.39, 0.29) is 17.4 Å². The molecule has 0 radical (unpaired) electrons. The van der Waals surface area contributed by atoms with Crippen LogP contribution in [0.4, 0.5) is 0 Å². The molecule has 7 nitrogen and oxygen atoms in total. The van der Waals surface area contributed by atoms with E-state index in [2.05, 4.69) is 10.1 Å². The van der Waals surface area contributed by atoms with Gasteiger partial charge in [0.05, 0.1) is 30.1 Å². The van der Waals surface area contributed by atoms with E-state index in [0.29, 0.717) is 31.3 Å². The van der Waals surface area contributed by atoms with E-state index in [0.717, 1.165) is 0 Å². The van der Waals surface area contributed by atoms with Gasteiger partial charge in [-0.3, -0.25) is 0 Å². The smallest absolute Gasteiger partial charge is 0.230 e. The summed E-state index contributed by atoms with van der Waals surface area (Å²) in [6, 6.07) is -0.444. The summed E-state index contributed by atoms with van der Waals surface area (Å²) in [5.41, 5.74) is 5.82. The lowest BCUT2D eigenvalue weighted by Crippen LogP contribution is -2.18. The summed E-state index contributed by atoms with van der Waals surface area (Å²) in [5.74, 6) is 0.784. The second-order valence-corrected chi connectivity index (χ2v) is 6.59. The molecule has 1 saturated heterocycles. The summed E-state index contributed by atoms with van der Waals surface area (Å²) in [4.78, 5) is 4.16. The van der Waals surface area contributed by atoms with Crippen LogP contribution in [0.2, 0.25) is 0 Å². The van der Waals surface area contributed by atoms with Crippen LogP contribution in [0.15, 0.2) is 4.52 Å². The molecule has 0 amide bonds. The molecule has 1 aromatic rings. The van der Waals surface area contributed by atoms with Gasteiger partial charge in [0.1, 0.15) is 0 Å². The topological polar surface area (TPSA) is 108 Å². The Morgan fingerprint density at radius 3 is 3.00 bits per heavy atom. The Labute approximate surface area is 106 Å². The van der Waals surface area contributed by atoms with Gasteiger partial charge in [-0.1, -0.05) is 5.16 Å². The molecule has 0 saturated carbocycles. The van der Waals surface area contributed by atoms with E-state index < -0.39 is 15.9 Å². The first kappa shape index (κ1) is 13.4. The minimum atomic E-state index is -2.95. The summed E-state index contributed by atoms with van der Waals surface area (Å²) >= 11 is 0. The Kier molecular flexibility index (Phi) is 3.98. The maximum absolute atomic E-state index is 11.4. The third-order valence-corrected chi connectivity index (χ3v) is 4.64. The Balaban J connectivity index is 2.02. The lowest BCUT2D eigenvalue weighted by atomic mass is 10.1. The van der Waals surface area contributed by atoms with Gasteiger partial charge in [0.15, 0.2) is 15.7 Å². The van der Waals surface area contributed by atoms with Crippen LogP contribution in [0.1, 0.15) is 37.0 Å². The zero-order chi connectivity index (χ0) is 13.2. The van der Waals surface area contributed by atoms with Crippen LogP contribution in [0.3, 0.4) is 0 Å². The number of rotatable bonds is 5. The van der Waals surface area contributed by atoms with Crippen molar-refractivity contribution in [1.82, 2.24) is 10.1 Å². The van der Waals surface area contributed by atoms with Gasteiger partial charge in [-0.05, 0) is 13.3 Å². The van der Waals surface area contributed by atoms with Crippen molar-refractivity contribution in [2.75, 3.05) is 24.7 Å². The van der Waals surface area contributed by atoms with E-state index in [9.17, 15) is 8.42 Å². The van der Waals surface area contributed by atoms with Crippen molar-refractivity contribution in [3.8, 4) is 0 Å². The maximum Gasteiger partial charge on any atom is 0.230 e. The number of ether oxygens (including phenoxy) is 1. The molecule has 0 aliphatic carbocycles. The Bertz CT molecular complexity index is 499. The number of hydrogen-bond donors (Lipinski definition) is 1. The molecule has 18 heavy (non-hydrogen) atoms. The zero-order valence-corrected chi connectivity index (χ0v) is 11.0. The molecule has 2 heterocycles. The highest BCUT2D eigenvalue weighted by molar-refractivity contribution is 7.91. The van der Waals surface area contributed by atoms with Crippen molar-refractivity contribution in [3.63, 3.8) is 0 Å². The van der Waals surface area contributed by atoms with Crippen LogP contribution < -0.4 is 5.73 Å². The van der Waals surface area contributed by atoms with Crippen molar-refractivity contribution in [2.24, 2.45) is 5.73 Å². The number of nitrogens with two attached hydrogens (primary N) is 1. The Morgan fingerprint density at radius 1 is 1.61 bits per heavy atom. The van der Waals surface area contributed by atoms with E-state index in [1.165, 1.54) is 0 Å². The Morgan fingerprint density at radius 2 is 2.39 bits per heavy atom. The molecule has 8 heteroatoms. The lowest BCUT2D eigenvalue weighted by molar-refractivity contribution is 0.130. The molecule has 2 rings (SSSR count). The average Bonchev–Trinajstić information content (AvgIpc) is 2.92. The van der Waals surface area contributed by atoms with Crippen molar-refractivity contribution in [3.05, 3.63) is 11.7 Å². The van der Waals surface area contributed by atoms with Crippen LogP contribution in [0, 0.1) is 0 Å². The first-order valence-electron chi connectivity index (χ1n) is 5.89. The summed E-state index contributed by atoms with van der Waals surface area (Å²) < 4.78 is 33.0. The lowest BCUT2D eigenvalue weighted by Gasteiger charge is -2.05. The van der Waals surface area contributed by atoms with Crippen LogP contribution in [0.25, 0.3) is 0 Å². The van der Waals surface area contributed by atoms with Crippen LogP contribution in [-0.2, 0) is 14.6 Å². The summed E-state index contributed by atoms with van der Waals surface area (Å²) in [5, 5.41) is 3.78. The normalized spacial score (nSPS) is 24.2. The van der Waals surface area contributed by atoms with Gasteiger partial charge in [-0.2, -0.15) is 4.98 Å². The van der Waals surface area contributed by atoms with E-state index in [4.69, 9.17) is 15.0 Å². The molecule has 1 aliphatic heterocycles. The zero-order valence-electron chi connectivity index (χ0n) is 10.2. The van der Waals surface area contributed by atoms with Gasteiger partial charge in [0.2, 0.25) is 5.89 Å². The SMILES string of the molecule is CCOCC(N)c1noc(C2CCS(=O)(=O)C2)n1. The van der Waals surface area contributed by atoms with Gasteiger partial charge in [0, 0.05) is 6.61 Å². The molecule has 1 aromatic heterocycles. The summed E-state index contributed by atoms with van der Waals surface area (Å²) in [6.07, 6.45) is 0.532. The van der Waals surface area contributed by atoms with Gasteiger partial charge in [0.25, 0.3) is 0 Å². The predicted octanol–water partition coefficient (Wildman–Crippen LogP) is 0.00800. The van der Waals surface area contributed by atoms with Crippen LogP contribution >= 0.6 is 0 Å². The fourth-order valence-electron chi connectivity index (χ4n) is 1.87. The molecule has 2 atom stereocenters. The first-order chi connectivity index (χ1) is 8.52. The molecule has 2 N–H and O–H groups in total. The monoisotopic (exact) mass is 275 g/mol. The number of sulfone groups is 1. The summed E-state index contributed by atoms with van der Waals surface area (Å²) in [7, 11) is -2.95. The van der Waals surface area contributed by atoms with Crippen molar-refractivity contribution in [1.29, 1.82) is 0 Å². The van der Waals surface area contributed by atoms with Crippen molar-refractivity contribution in [2.45, 2.75) is 25.3 Å². The van der Waals surface area contributed by atoms with E-state index in [1.54, 1.807) is 0 Å². The Hall–Kier alpha value is -0.990. The van der Waals surface area contributed by atoms with Gasteiger partial charge >= 0.3 is 0 Å². The summed E-state index contributed by atoms with van der Waals surface area (Å²) in [6.45, 7) is 2.76. The third kappa shape index (κ3) is 3.06. The standard InChI is InChI=1S/C10H17N3O4S/c1-2-16-5-8(11)9-12-10(17-13-9)7-3-4-18(14,15)6-7/h7-8H,2-6,11H2,1H3. The van der Waals surface area contributed by atoms with Gasteiger partial charge in [-0.25, -0.2) is 8.42 Å². The highest BCUT2D eigenvalue weighted by atomic mass is 32.2. The van der Waals surface area contributed by atoms with E-state index >= 15 is 0 Å². The maximum atomic E-state index is 11.4. The minimum absolute atomic E-state index is 0.0787. The molecule has 0 spiro atoms. The molecule has 2 unspecified atom stereocenters. The molecule has 1 aliphatic rings. The van der Waals surface area contributed by atoms with Crippen molar-refractivity contribution < 1.29 is 17.7 Å². The highest BCUT2D eigenvalue weighted by Crippen LogP contribution is 2.27. The quantitative estimate of drug-likeness (QED) is 0.806.